The van der Waals surface area contributed by atoms with Gasteiger partial charge in [0, 0.05) is 13.1 Å². The van der Waals surface area contributed by atoms with Crippen LogP contribution in [0.25, 0.3) is 0 Å². The third-order valence-corrected chi connectivity index (χ3v) is 2.78. The van der Waals surface area contributed by atoms with Crippen LogP contribution in [0.4, 0.5) is 19.0 Å². The molecule has 4 nitrogen and oxygen atoms in total. The standard InChI is InChI=1S/C14H14F3N3O/c1-9(10-6-4-3-5-7-10)21-12-8-11(18-2)19-13(20-12)14(15,16)17/h3-9H,1-2H3,(H,18,19,20). The van der Waals surface area contributed by atoms with Crippen molar-refractivity contribution in [3.63, 3.8) is 0 Å². The molecule has 0 bridgehead atoms. The Labute approximate surface area is 120 Å². The summed E-state index contributed by atoms with van der Waals surface area (Å²) in [6.45, 7) is 1.74. The van der Waals surface area contributed by atoms with Crippen LogP contribution in [0.5, 0.6) is 5.88 Å². The molecule has 0 aliphatic rings. The normalized spacial score (nSPS) is 12.8. The van der Waals surface area contributed by atoms with E-state index in [-0.39, 0.29) is 11.7 Å². The highest BCUT2D eigenvalue weighted by atomic mass is 19.4. The zero-order chi connectivity index (χ0) is 15.5. The van der Waals surface area contributed by atoms with Crippen LogP contribution >= 0.6 is 0 Å². The topological polar surface area (TPSA) is 47.0 Å². The molecule has 0 saturated carbocycles. The third kappa shape index (κ3) is 3.84. The monoisotopic (exact) mass is 297 g/mol. The molecule has 1 N–H and O–H groups in total. The summed E-state index contributed by atoms with van der Waals surface area (Å²) in [7, 11) is 1.48. The van der Waals surface area contributed by atoms with E-state index in [1.54, 1.807) is 6.92 Å². The summed E-state index contributed by atoms with van der Waals surface area (Å²) in [5, 5.41) is 2.56. The zero-order valence-corrected chi connectivity index (χ0v) is 11.5. The minimum Gasteiger partial charge on any atom is -0.470 e. The molecular weight excluding hydrogens is 283 g/mol. The molecule has 0 amide bonds. The highest BCUT2D eigenvalue weighted by molar-refractivity contribution is 5.38. The molecule has 0 radical (unpaired) electrons. The fourth-order valence-electron chi connectivity index (χ4n) is 1.71. The summed E-state index contributed by atoms with van der Waals surface area (Å²) in [5.74, 6) is -1.31. The van der Waals surface area contributed by atoms with Gasteiger partial charge in [-0.15, -0.1) is 0 Å². The molecule has 0 aliphatic heterocycles. The first-order chi connectivity index (χ1) is 9.90. The van der Waals surface area contributed by atoms with Gasteiger partial charge < -0.3 is 10.1 Å². The highest BCUT2D eigenvalue weighted by Crippen LogP contribution is 2.30. The molecule has 21 heavy (non-hydrogen) atoms. The van der Waals surface area contributed by atoms with Crippen LogP contribution in [-0.2, 0) is 6.18 Å². The minimum atomic E-state index is -4.62. The smallest absolute Gasteiger partial charge is 0.451 e. The Hall–Kier alpha value is -2.31. The van der Waals surface area contributed by atoms with Crippen molar-refractivity contribution in [1.82, 2.24) is 9.97 Å². The van der Waals surface area contributed by atoms with Gasteiger partial charge in [-0.2, -0.15) is 18.2 Å². The van der Waals surface area contributed by atoms with Crippen molar-refractivity contribution in [2.75, 3.05) is 12.4 Å². The number of aromatic nitrogens is 2. The van der Waals surface area contributed by atoms with Gasteiger partial charge in [0.05, 0.1) is 0 Å². The molecule has 1 aromatic heterocycles. The van der Waals surface area contributed by atoms with Crippen molar-refractivity contribution in [2.24, 2.45) is 0 Å². The lowest BCUT2D eigenvalue weighted by Gasteiger charge is -2.16. The Morgan fingerprint density at radius 1 is 1.14 bits per heavy atom. The predicted molar refractivity (Wildman–Crippen MR) is 72.1 cm³/mol. The van der Waals surface area contributed by atoms with E-state index in [0.717, 1.165) is 5.56 Å². The van der Waals surface area contributed by atoms with Gasteiger partial charge in [-0.1, -0.05) is 30.3 Å². The van der Waals surface area contributed by atoms with Gasteiger partial charge >= 0.3 is 6.18 Å². The quantitative estimate of drug-likeness (QED) is 0.935. The molecule has 0 saturated heterocycles. The van der Waals surface area contributed by atoms with E-state index >= 15 is 0 Å². The van der Waals surface area contributed by atoms with Crippen LogP contribution in [-0.4, -0.2) is 17.0 Å². The summed E-state index contributed by atoms with van der Waals surface area (Å²) < 4.78 is 43.7. The lowest BCUT2D eigenvalue weighted by molar-refractivity contribution is -0.145. The molecule has 0 aliphatic carbocycles. The van der Waals surface area contributed by atoms with Crippen molar-refractivity contribution >= 4 is 5.82 Å². The molecule has 1 heterocycles. The summed E-state index contributed by atoms with van der Waals surface area (Å²) in [6.07, 6.45) is -5.05. The number of hydrogen-bond acceptors (Lipinski definition) is 4. The second-order valence-electron chi connectivity index (χ2n) is 4.33. The van der Waals surface area contributed by atoms with Crippen molar-refractivity contribution < 1.29 is 17.9 Å². The van der Waals surface area contributed by atoms with E-state index in [9.17, 15) is 13.2 Å². The maximum absolute atomic E-state index is 12.7. The van der Waals surface area contributed by atoms with Crippen LogP contribution in [0.2, 0.25) is 0 Å². The summed E-state index contributed by atoms with van der Waals surface area (Å²) >= 11 is 0. The average Bonchev–Trinajstić information content (AvgIpc) is 2.46. The molecule has 1 unspecified atom stereocenters. The molecule has 0 spiro atoms. The van der Waals surface area contributed by atoms with E-state index in [4.69, 9.17) is 4.74 Å². The second-order valence-corrected chi connectivity index (χ2v) is 4.33. The van der Waals surface area contributed by atoms with Crippen molar-refractivity contribution in [2.45, 2.75) is 19.2 Å². The van der Waals surface area contributed by atoms with Crippen molar-refractivity contribution in [1.29, 1.82) is 0 Å². The van der Waals surface area contributed by atoms with E-state index in [0.29, 0.717) is 0 Å². The molecule has 1 atom stereocenters. The fraction of sp³-hybridized carbons (Fsp3) is 0.286. The lowest BCUT2D eigenvalue weighted by atomic mass is 10.1. The molecule has 0 fully saturated rings. The Balaban J connectivity index is 2.27. The lowest BCUT2D eigenvalue weighted by Crippen LogP contribution is -2.14. The van der Waals surface area contributed by atoms with E-state index in [2.05, 4.69) is 15.3 Å². The molecule has 112 valence electrons. The number of alkyl halides is 3. The van der Waals surface area contributed by atoms with Crippen LogP contribution in [0.15, 0.2) is 36.4 Å². The number of ether oxygens (including phenoxy) is 1. The first-order valence-corrected chi connectivity index (χ1v) is 6.26. The first kappa shape index (κ1) is 15.1. The second kappa shape index (κ2) is 5.99. The van der Waals surface area contributed by atoms with Crippen LogP contribution in [0, 0.1) is 0 Å². The number of halogens is 3. The van der Waals surface area contributed by atoms with Gasteiger partial charge in [-0.05, 0) is 12.5 Å². The molecule has 2 aromatic rings. The largest absolute Gasteiger partial charge is 0.470 e. The van der Waals surface area contributed by atoms with Gasteiger partial charge in [-0.25, -0.2) is 4.98 Å². The number of benzene rings is 1. The van der Waals surface area contributed by atoms with Crippen molar-refractivity contribution in [3.8, 4) is 5.88 Å². The van der Waals surface area contributed by atoms with Crippen LogP contribution < -0.4 is 10.1 Å². The Morgan fingerprint density at radius 2 is 1.81 bits per heavy atom. The molecule has 7 heteroatoms. The van der Waals surface area contributed by atoms with Crippen LogP contribution in [0.1, 0.15) is 24.4 Å². The fourth-order valence-corrected chi connectivity index (χ4v) is 1.71. The van der Waals surface area contributed by atoms with Gasteiger partial charge in [0.25, 0.3) is 0 Å². The van der Waals surface area contributed by atoms with Gasteiger partial charge in [0.15, 0.2) is 0 Å². The predicted octanol–water partition coefficient (Wildman–Crippen LogP) is 3.68. The maximum Gasteiger partial charge on any atom is 0.451 e. The maximum atomic E-state index is 12.7. The van der Waals surface area contributed by atoms with E-state index < -0.39 is 18.1 Å². The van der Waals surface area contributed by atoms with Gasteiger partial charge in [0.2, 0.25) is 11.7 Å². The number of anilines is 1. The molecule has 1 aromatic carbocycles. The Bertz CT molecular complexity index is 602. The van der Waals surface area contributed by atoms with E-state index in [1.165, 1.54) is 13.1 Å². The molecular formula is C14H14F3N3O. The minimum absolute atomic E-state index is 0.0487. The highest BCUT2D eigenvalue weighted by Gasteiger charge is 2.35. The summed E-state index contributed by atoms with van der Waals surface area (Å²) in [4.78, 5) is 6.80. The average molecular weight is 297 g/mol. The molecule has 2 rings (SSSR count). The van der Waals surface area contributed by atoms with Gasteiger partial charge in [-0.3, -0.25) is 0 Å². The Morgan fingerprint density at radius 3 is 2.38 bits per heavy atom. The van der Waals surface area contributed by atoms with Crippen LogP contribution in [0.3, 0.4) is 0 Å². The summed E-state index contributed by atoms with van der Waals surface area (Å²) in [5.41, 5.74) is 0.843. The zero-order valence-electron chi connectivity index (χ0n) is 11.5. The number of hydrogen-bond donors (Lipinski definition) is 1. The SMILES string of the molecule is CNc1cc(OC(C)c2ccccc2)nc(C(F)(F)F)n1. The van der Waals surface area contributed by atoms with E-state index in [1.807, 2.05) is 30.3 Å². The van der Waals surface area contributed by atoms with Gasteiger partial charge in [0.1, 0.15) is 11.9 Å². The Kier molecular flexibility index (Phi) is 4.30. The van der Waals surface area contributed by atoms with Crippen molar-refractivity contribution in [3.05, 3.63) is 47.8 Å². The number of nitrogens with one attached hydrogen (secondary N) is 1. The third-order valence-electron chi connectivity index (χ3n) is 2.78. The summed E-state index contributed by atoms with van der Waals surface area (Å²) in [6, 6.07) is 10.5. The first-order valence-electron chi connectivity index (χ1n) is 6.26. The number of rotatable bonds is 4. The number of nitrogens with zero attached hydrogens (tertiary/aromatic N) is 2.